The van der Waals surface area contributed by atoms with E-state index in [9.17, 15) is 5.11 Å². The third kappa shape index (κ3) is 3.45. The van der Waals surface area contributed by atoms with Crippen molar-refractivity contribution in [3.05, 3.63) is 66.2 Å². The van der Waals surface area contributed by atoms with E-state index in [-0.39, 0.29) is 0 Å². The van der Waals surface area contributed by atoms with Crippen LogP contribution in [-0.2, 0) is 6.54 Å². The largest absolute Gasteiger partial charge is 0.387 e. The molecular weight excluding hydrogens is 314 g/mol. The molecule has 3 heterocycles. The van der Waals surface area contributed by atoms with E-state index in [0.717, 1.165) is 19.6 Å². The fourth-order valence-corrected chi connectivity index (χ4v) is 3.15. The molecule has 6 heteroatoms. The number of nitrogens with zero attached hydrogens (tertiary/aromatic N) is 5. The molecule has 0 saturated carbocycles. The van der Waals surface area contributed by atoms with Crippen LogP contribution in [0.2, 0.25) is 0 Å². The van der Waals surface area contributed by atoms with Crippen LogP contribution in [0.3, 0.4) is 0 Å². The fourth-order valence-electron chi connectivity index (χ4n) is 3.15. The van der Waals surface area contributed by atoms with Gasteiger partial charge in [0, 0.05) is 32.0 Å². The van der Waals surface area contributed by atoms with E-state index in [4.69, 9.17) is 0 Å². The van der Waals surface area contributed by atoms with Gasteiger partial charge in [-0.2, -0.15) is 0 Å². The smallest absolute Gasteiger partial charge is 0.111 e. The summed E-state index contributed by atoms with van der Waals surface area (Å²) < 4.78 is 1.87. The van der Waals surface area contributed by atoms with Crippen molar-refractivity contribution in [2.24, 2.45) is 0 Å². The molecule has 0 bridgehead atoms. The van der Waals surface area contributed by atoms with Crippen LogP contribution in [0, 0.1) is 0 Å². The molecule has 1 fully saturated rings. The van der Waals surface area contributed by atoms with Crippen molar-refractivity contribution in [1.82, 2.24) is 24.9 Å². The van der Waals surface area contributed by atoms with Gasteiger partial charge in [-0.1, -0.05) is 23.4 Å². The van der Waals surface area contributed by atoms with Crippen molar-refractivity contribution in [3.63, 3.8) is 0 Å². The lowest BCUT2D eigenvalue weighted by Crippen LogP contribution is -2.47. The fraction of sp³-hybridized carbons (Fsp3) is 0.316. The first-order chi connectivity index (χ1) is 12.2. The van der Waals surface area contributed by atoms with Gasteiger partial charge in [-0.3, -0.25) is 9.88 Å². The SMILES string of the molecule is C[C@H](O)c1cn(C2CN(Cc3cccc(-c4ccncc4)c3)C2)nn1. The van der Waals surface area contributed by atoms with E-state index in [2.05, 4.69) is 44.5 Å². The second-order valence-corrected chi connectivity index (χ2v) is 6.58. The highest BCUT2D eigenvalue weighted by atomic mass is 16.3. The highest BCUT2D eigenvalue weighted by Gasteiger charge is 2.29. The molecule has 4 rings (SSSR count). The van der Waals surface area contributed by atoms with E-state index in [1.54, 1.807) is 6.92 Å². The Hall–Kier alpha value is -2.57. The van der Waals surface area contributed by atoms with Gasteiger partial charge < -0.3 is 5.11 Å². The molecule has 0 radical (unpaired) electrons. The number of aromatic nitrogens is 4. The Morgan fingerprint density at radius 1 is 1.16 bits per heavy atom. The van der Waals surface area contributed by atoms with Gasteiger partial charge in [0.15, 0.2) is 0 Å². The van der Waals surface area contributed by atoms with Gasteiger partial charge in [0.05, 0.1) is 18.3 Å². The summed E-state index contributed by atoms with van der Waals surface area (Å²) in [6.07, 6.45) is 4.92. The predicted octanol–water partition coefficient (Wildman–Crippen LogP) is 2.45. The van der Waals surface area contributed by atoms with Crippen molar-refractivity contribution in [3.8, 4) is 11.1 Å². The minimum atomic E-state index is -0.569. The summed E-state index contributed by atoms with van der Waals surface area (Å²) in [4.78, 5) is 6.47. The highest BCUT2D eigenvalue weighted by Crippen LogP contribution is 2.25. The van der Waals surface area contributed by atoms with Gasteiger partial charge in [-0.05, 0) is 41.8 Å². The van der Waals surface area contributed by atoms with Crippen LogP contribution >= 0.6 is 0 Å². The summed E-state index contributed by atoms with van der Waals surface area (Å²) in [5.74, 6) is 0. The van der Waals surface area contributed by atoms with Gasteiger partial charge in [0.1, 0.15) is 5.69 Å². The maximum absolute atomic E-state index is 9.55. The number of pyridine rings is 1. The molecule has 0 amide bonds. The van der Waals surface area contributed by atoms with Gasteiger partial charge in [0.25, 0.3) is 0 Å². The number of hydrogen-bond donors (Lipinski definition) is 1. The first-order valence-electron chi connectivity index (χ1n) is 8.50. The molecular formula is C19H21N5O. The molecule has 1 aromatic carbocycles. The lowest BCUT2D eigenvalue weighted by Gasteiger charge is -2.39. The van der Waals surface area contributed by atoms with Gasteiger partial charge in [-0.15, -0.1) is 5.10 Å². The molecule has 0 aliphatic carbocycles. The van der Waals surface area contributed by atoms with E-state index in [0.29, 0.717) is 11.7 Å². The zero-order valence-electron chi connectivity index (χ0n) is 14.2. The summed E-state index contributed by atoms with van der Waals surface area (Å²) in [6.45, 7) is 4.52. The molecule has 1 saturated heterocycles. The first-order valence-corrected chi connectivity index (χ1v) is 8.50. The maximum Gasteiger partial charge on any atom is 0.111 e. The number of likely N-dealkylation sites (tertiary alicyclic amines) is 1. The standard InChI is InChI=1S/C19H21N5O/c1-14(25)19-13-24(22-21-19)18-11-23(12-18)10-15-3-2-4-17(9-15)16-5-7-20-8-6-16/h2-9,13-14,18,25H,10-12H2,1H3/t14-/m0/s1. The van der Waals surface area contributed by atoms with Crippen molar-refractivity contribution in [2.45, 2.75) is 25.6 Å². The van der Waals surface area contributed by atoms with Crippen molar-refractivity contribution in [2.75, 3.05) is 13.1 Å². The van der Waals surface area contributed by atoms with Crippen LogP contribution in [0.5, 0.6) is 0 Å². The molecule has 1 atom stereocenters. The van der Waals surface area contributed by atoms with Crippen LogP contribution in [-0.4, -0.2) is 43.1 Å². The van der Waals surface area contributed by atoms with E-state index >= 15 is 0 Å². The molecule has 25 heavy (non-hydrogen) atoms. The molecule has 0 spiro atoms. The number of rotatable bonds is 5. The lowest BCUT2D eigenvalue weighted by molar-refractivity contribution is 0.0896. The number of aliphatic hydroxyl groups excluding tert-OH is 1. The Labute approximate surface area is 146 Å². The van der Waals surface area contributed by atoms with Gasteiger partial charge >= 0.3 is 0 Å². The Balaban J connectivity index is 1.38. The summed E-state index contributed by atoms with van der Waals surface area (Å²) in [6, 6.07) is 13.0. The number of benzene rings is 1. The summed E-state index contributed by atoms with van der Waals surface area (Å²) >= 11 is 0. The summed E-state index contributed by atoms with van der Waals surface area (Å²) in [5.41, 5.74) is 4.33. The van der Waals surface area contributed by atoms with E-state index in [1.807, 2.05) is 35.4 Å². The minimum absolute atomic E-state index is 0.336. The quantitative estimate of drug-likeness (QED) is 0.776. The molecule has 0 unspecified atom stereocenters. The maximum atomic E-state index is 9.55. The zero-order chi connectivity index (χ0) is 17.2. The third-order valence-corrected chi connectivity index (χ3v) is 4.61. The molecule has 3 aromatic rings. The molecule has 128 valence electrons. The van der Waals surface area contributed by atoms with Crippen LogP contribution in [0.25, 0.3) is 11.1 Å². The van der Waals surface area contributed by atoms with Crippen LogP contribution < -0.4 is 0 Å². The lowest BCUT2D eigenvalue weighted by atomic mass is 10.0. The number of aliphatic hydroxyl groups is 1. The normalized spacial score (nSPS) is 16.6. The molecule has 6 nitrogen and oxygen atoms in total. The van der Waals surface area contributed by atoms with Gasteiger partial charge in [-0.25, -0.2) is 4.68 Å². The Morgan fingerprint density at radius 2 is 1.96 bits per heavy atom. The Bertz CT molecular complexity index is 840. The molecule has 1 aliphatic heterocycles. The van der Waals surface area contributed by atoms with Crippen LogP contribution in [0.1, 0.15) is 30.3 Å². The van der Waals surface area contributed by atoms with Gasteiger partial charge in [0.2, 0.25) is 0 Å². The van der Waals surface area contributed by atoms with Crippen molar-refractivity contribution in [1.29, 1.82) is 0 Å². The first kappa shape index (κ1) is 15.9. The van der Waals surface area contributed by atoms with Crippen LogP contribution in [0.15, 0.2) is 55.0 Å². The molecule has 2 aromatic heterocycles. The monoisotopic (exact) mass is 335 g/mol. The second kappa shape index (κ2) is 6.74. The van der Waals surface area contributed by atoms with Crippen LogP contribution in [0.4, 0.5) is 0 Å². The summed E-state index contributed by atoms with van der Waals surface area (Å²) in [5, 5.41) is 17.7. The average molecular weight is 335 g/mol. The highest BCUT2D eigenvalue weighted by molar-refractivity contribution is 5.63. The number of hydrogen-bond acceptors (Lipinski definition) is 5. The second-order valence-electron chi connectivity index (χ2n) is 6.58. The average Bonchev–Trinajstić information content (AvgIpc) is 3.09. The third-order valence-electron chi connectivity index (χ3n) is 4.61. The zero-order valence-corrected chi connectivity index (χ0v) is 14.2. The summed E-state index contributed by atoms with van der Waals surface area (Å²) in [7, 11) is 0. The predicted molar refractivity (Wildman–Crippen MR) is 94.6 cm³/mol. The molecule has 1 N–H and O–H groups in total. The van der Waals surface area contributed by atoms with E-state index in [1.165, 1.54) is 16.7 Å². The molecule has 1 aliphatic rings. The minimum Gasteiger partial charge on any atom is -0.387 e. The van der Waals surface area contributed by atoms with Crippen molar-refractivity contribution >= 4 is 0 Å². The van der Waals surface area contributed by atoms with Crippen molar-refractivity contribution < 1.29 is 5.11 Å². The Morgan fingerprint density at radius 3 is 2.68 bits per heavy atom. The Kier molecular flexibility index (Phi) is 4.29. The topological polar surface area (TPSA) is 67.1 Å². The van der Waals surface area contributed by atoms with E-state index < -0.39 is 6.10 Å².